The van der Waals surface area contributed by atoms with Gasteiger partial charge in [0.2, 0.25) is 5.91 Å². The van der Waals surface area contributed by atoms with Gasteiger partial charge in [0.05, 0.1) is 12.4 Å². The van der Waals surface area contributed by atoms with E-state index in [-0.39, 0.29) is 5.91 Å². The Kier molecular flexibility index (Phi) is 3.19. The Balaban J connectivity index is 2.73. The summed E-state index contributed by atoms with van der Waals surface area (Å²) >= 11 is 0. The first-order valence-electron chi connectivity index (χ1n) is 4.06. The standard InChI is InChI=1S/C8H12N4O/c1-3-10-7-4-9-5-8(12-7)11-6(2)13/h4-5H,3H2,1-2H3,(H2,10,11,12,13). The van der Waals surface area contributed by atoms with Crippen LogP contribution in [-0.2, 0) is 4.79 Å². The number of carbonyl (C=O) groups is 1. The summed E-state index contributed by atoms with van der Waals surface area (Å²) in [5.74, 6) is 0.975. The third-order valence-electron chi connectivity index (χ3n) is 1.30. The zero-order chi connectivity index (χ0) is 9.68. The lowest BCUT2D eigenvalue weighted by molar-refractivity contribution is -0.114. The average molecular weight is 180 g/mol. The van der Waals surface area contributed by atoms with Gasteiger partial charge >= 0.3 is 0 Å². The Hall–Kier alpha value is -1.65. The molecule has 13 heavy (non-hydrogen) atoms. The molecule has 5 heteroatoms. The number of anilines is 2. The Morgan fingerprint density at radius 3 is 2.77 bits per heavy atom. The first kappa shape index (κ1) is 9.44. The molecule has 0 atom stereocenters. The number of amides is 1. The number of hydrogen-bond donors (Lipinski definition) is 2. The smallest absolute Gasteiger partial charge is 0.222 e. The quantitative estimate of drug-likeness (QED) is 0.724. The van der Waals surface area contributed by atoms with Crippen LogP contribution in [0.15, 0.2) is 12.4 Å². The van der Waals surface area contributed by atoms with Gasteiger partial charge in [0.25, 0.3) is 0 Å². The van der Waals surface area contributed by atoms with Gasteiger partial charge in [-0.2, -0.15) is 0 Å². The van der Waals surface area contributed by atoms with E-state index < -0.39 is 0 Å². The van der Waals surface area contributed by atoms with Crippen LogP contribution in [0.2, 0.25) is 0 Å². The van der Waals surface area contributed by atoms with Crippen molar-refractivity contribution in [3.8, 4) is 0 Å². The number of rotatable bonds is 3. The summed E-state index contributed by atoms with van der Waals surface area (Å²) in [6.45, 7) is 4.17. The zero-order valence-corrected chi connectivity index (χ0v) is 7.66. The van der Waals surface area contributed by atoms with E-state index in [2.05, 4.69) is 20.6 Å². The molecule has 0 aliphatic heterocycles. The van der Waals surface area contributed by atoms with E-state index in [0.717, 1.165) is 6.54 Å². The van der Waals surface area contributed by atoms with E-state index in [4.69, 9.17) is 0 Å². The molecular weight excluding hydrogens is 168 g/mol. The highest BCUT2D eigenvalue weighted by Crippen LogP contribution is 2.05. The van der Waals surface area contributed by atoms with Crippen molar-refractivity contribution in [3.05, 3.63) is 12.4 Å². The van der Waals surface area contributed by atoms with Crippen molar-refractivity contribution in [1.29, 1.82) is 0 Å². The molecule has 2 N–H and O–H groups in total. The number of aromatic nitrogens is 2. The van der Waals surface area contributed by atoms with E-state index in [0.29, 0.717) is 11.6 Å². The third-order valence-corrected chi connectivity index (χ3v) is 1.30. The molecular formula is C8H12N4O. The predicted octanol–water partition coefficient (Wildman–Crippen LogP) is 0.867. The molecule has 0 bridgehead atoms. The van der Waals surface area contributed by atoms with Gasteiger partial charge in [0, 0.05) is 13.5 Å². The maximum absolute atomic E-state index is 10.7. The monoisotopic (exact) mass is 180 g/mol. The fourth-order valence-corrected chi connectivity index (χ4v) is 0.873. The number of hydrogen-bond acceptors (Lipinski definition) is 4. The Morgan fingerprint density at radius 1 is 1.46 bits per heavy atom. The second-order valence-electron chi connectivity index (χ2n) is 2.50. The van der Waals surface area contributed by atoms with Crippen LogP contribution in [0.5, 0.6) is 0 Å². The summed E-state index contributed by atoms with van der Waals surface area (Å²) in [5, 5.41) is 5.55. The summed E-state index contributed by atoms with van der Waals surface area (Å²) < 4.78 is 0. The lowest BCUT2D eigenvalue weighted by Gasteiger charge is -2.04. The fraction of sp³-hybridized carbons (Fsp3) is 0.375. The van der Waals surface area contributed by atoms with Crippen LogP contribution in [0.25, 0.3) is 0 Å². The molecule has 0 aromatic carbocycles. The minimum Gasteiger partial charge on any atom is -0.369 e. The van der Waals surface area contributed by atoms with Crippen LogP contribution < -0.4 is 10.6 Å². The van der Waals surface area contributed by atoms with Crippen LogP contribution in [-0.4, -0.2) is 22.4 Å². The SMILES string of the molecule is CCNc1cncc(NC(C)=O)n1. The van der Waals surface area contributed by atoms with Crippen molar-refractivity contribution < 1.29 is 4.79 Å². The molecule has 0 fully saturated rings. The van der Waals surface area contributed by atoms with Gasteiger partial charge in [-0.15, -0.1) is 0 Å². The summed E-state index contributed by atoms with van der Waals surface area (Å²) in [6, 6.07) is 0. The molecule has 0 aliphatic carbocycles. The molecule has 0 unspecified atom stereocenters. The van der Waals surface area contributed by atoms with E-state index in [9.17, 15) is 4.79 Å². The van der Waals surface area contributed by atoms with Crippen molar-refractivity contribution in [2.75, 3.05) is 17.2 Å². The maximum Gasteiger partial charge on any atom is 0.222 e. The molecule has 1 aromatic heterocycles. The van der Waals surface area contributed by atoms with Crippen molar-refractivity contribution in [2.24, 2.45) is 0 Å². The predicted molar refractivity (Wildman–Crippen MR) is 50.5 cm³/mol. The number of nitrogens with zero attached hydrogens (tertiary/aromatic N) is 2. The van der Waals surface area contributed by atoms with Gasteiger partial charge in [-0.3, -0.25) is 9.78 Å². The van der Waals surface area contributed by atoms with Crippen molar-refractivity contribution in [1.82, 2.24) is 9.97 Å². The Morgan fingerprint density at radius 2 is 2.15 bits per heavy atom. The lowest BCUT2D eigenvalue weighted by atomic mass is 10.5. The fourth-order valence-electron chi connectivity index (χ4n) is 0.873. The highest BCUT2D eigenvalue weighted by Gasteiger charge is 1.98. The topological polar surface area (TPSA) is 66.9 Å². The van der Waals surface area contributed by atoms with Crippen molar-refractivity contribution >= 4 is 17.5 Å². The highest BCUT2D eigenvalue weighted by atomic mass is 16.1. The molecule has 0 radical (unpaired) electrons. The van der Waals surface area contributed by atoms with E-state index in [1.54, 1.807) is 6.20 Å². The molecule has 70 valence electrons. The Labute approximate surface area is 76.6 Å². The average Bonchev–Trinajstić information content (AvgIpc) is 2.04. The molecule has 0 spiro atoms. The Bertz CT molecular complexity index is 300. The van der Waals surface area contributed by atoms with Gasteiger partial charge in [0.15, 0.2) is 5.82 Å². The van der Waals surface area contributed by atoms with Crippen LogP contribution in [0.1, 0.15) is 13.8 Å². The molecule has 5 nitrogen and oxygen atoms in total. The van der Waals surface area contributed by atoms with E-state index in [1.165, 1.54) is 13.1 Å². The third kappa shape index (κ3) is 3.06. The normalized spacial score (nSPS) is 9.38. The van der Waals surface area contributed by atoms with Crippen LogP contribution in [0, 0.1) is 0 Å². The van der Waals surface area contributed by atoms with Gasteiger partial charge in [-0.1, -0.05) is 0 Å². The van der Waals surface area contributed by atoms with Gasteiger partial charge in [0.1, 0.15) is 5.82 Å². The summed E-state index contributed by atoms with van der Waals surface area (Å²) in [7, 11) is 0. The van der Waals surface area contributed by atoms with Crippen molar-refractivity contribution in [2.45, 2.75) is 13.8 Å². The molecule has 1 aromatic rings. The molecule has 0 aliphatic rings. The number of nitrogens with one attached hydrogen (secondary N) is 2. The molecule has 0 saturated heterocycles. The largest absolute Gasteiger partial charge is 0.369 e. The van der Waals surface area contributed by atoms with Crippen molar-refractivity contribution in [3.63, 3.8) is 0 Å². The maximum atomic E-state index is 10.7. The molecule has 1 heterocycles. The first-order valence-corrected chi connectivity index (χ1v) is 4.06. The van der Waals surface area contributed by atoms with Gasteiger partial charge in [-0.25, -0.2) is 4.98 Å². The summed E-state index contributed by atoms with van der Waals surface area (Å²) in [4.78, 5) is 18.7. The minimum absolute atomic E-state index is 0.150. The second-order valence-corrected chi connectivity index (χ2v) is 2.50. The van der Waals surface area contributed by atoms with E-state index >= 15 is 0 Å². The van der Waals surface area contributed by atoms with Crippen LogP contribution in [0.3, 0.4) is 0 Å². The number of carbonyl (C=O) groups excluding carboxylic acids is 1. The summed E-state index contributed by atoms with van der Waals surface area (Å²) in [6.07, 6.45) is 3.11. The van der Waals surface area contributed by atoms with Gasteiger partial charge in [-0.05, 0) is 6.92 Å². The molecule has 1 rings (SSSR count). The highest BCUT2D eigenvalue weighted by molar-refractivity contribution is 5.87. The second kappa shape index (κ2) is 4.39. The molecule has 0 saturated carbocycles. The molecule has 1 amide bonds. The van der Waals surface area contributed by atoms with Crippen LogP contribution >= 0.6 is 0 Å². The van der Waals surface area contributed by atoms with E-state index in [1.807, 2.05) is 6.92 Å². The van der Waals surface area contributed by atoms with Crippen LogP contribution in [0.4, 0.5) is 11.6 Å². The summed E-state index contributed by atoms with van der Waals surface area (Å²) in [5.41, 5.74) is 0. The first-order chi connectivity index (χ1) is 6.22. The zero-order valence-electron chi connectivity index (χ0n) is 7.66. The minimum atomic E-state index is -0.150. The van der Waals surface area contributed by atoms with Gasteiger partial charge < -0.3 is 10.6 Å². The lowest BCUT2D eigenvalue weighted by Crippen LogP contribution is -2.09.